The molecule has 0 aromatic heterocycles. The lowest BCUT2D eigenvalue weighted by Crippen LogP contribution is -2.30. The third-order valence-electron chi connectivity index (χ3n) is 4.97. The molecule has 2 aliphatic carbocycles. The average molecular weight is 341 g/mol. The Balaban J connectivity index is 0.000000174. The summed E-state index contributed by atoms with van der Waals surface area (Å²) in [6.45, 7) is 0.548. The molecule has 0 heterocycles. The van der Waals surface area contributed by atoms with Gasteiger partial charge in [0.25, 0.3) is 10.1 Å². The monoisotopic (exact) mass is 341 g/mol. The Kier molecular flexibility index (Phi) is 5.44. The summed E-state index contributed by atoms with van der Waals surface area (Å²) in [6, 6.07) is 7.42. The summed E-state index contributed by atoms with van der Waals surface area (Å²) in [6.07, 6.45) is 4.98. The maximum absolute atomic E-state index is 10.7. The molecule has 2 aliphatic rings. The van der Waals surface area contributed by atoms with E-state index in [9.17, 15) is 13.2 Å². The van der Waals surface area contributed by atoms with Crippen molar-refractivity contribution in [2.45, 2.75) is 37.0 Å². The Bertz CT molecular complexity index is 632. The fraction of sp³-hybridized carbons (Fsp3) is 0.562. The van der Waals surface area contributed by atoms with Gasteiger partial charge in [-0.1, -0.05) is 18.2 Å². The molecular formula is C16H23NO5S. The maximum Gasteiger partial charge on any atom is 0.303 e. The van der Waals surface area contributed by atoms with E-state index in [0.29, 0.717) is 6.54 Å². The molecule has 0 spiro atoms. The summed E-state index contributed by atoms with van der Waals surface area (Å²) in [5.74, 6) is 0.901. The van der Waals surface area contributed by atoms with Crippen molar-refractivity contribution in [2.24, 2.45) is 23.0 Å². The molecule has 1 aromatic carbocycles. The van der Waals surface area contributed by atoms with Crippen molar-refractivity contribution < 1.29 is 22.9 Å². The molecule has 4 N–H and O–H groups in total. The van der Waals surface area contributed by atoms with E-state index in [0.717, 1.165) is 24.7 Å². The highest BCUT2D eigenvalue weighted by molar-refractivity contribution is 7.85. The van der Waals surface area contributed by atoms with E-state index in [1.807, 2.05) is 0 Å². The molecule has 23 heavy (non-hydrogen) atoms. The summed E-state index contributed by atoms with van der Waals surface area (Å²) >= 11 is 0. The Morgan fingerprint density at radius 3 is 2.00 bits per heavy atom. The van der Waals surface area contributed by atoms with Gasteiger partial charge in [-0.3, -0.25) is 9.35 Å². The summed E-state index contributed by atoms with van der Waals surface area (Å²) in [4.78, 5) is 10.6. The molecule has 0 saturated heterocycles. The second-order valence-electron chi connectivity index (χ2n) is 6.57. The van der Waals surface area contributed by atoms with Crippen LogP contribution in [0.15, 0.2) is 35.2 Å². The quantitative estimate of drug-likeness (QED) is 0.722. The van der Waals surface area contributed by atoms with Crippen LogP contribution < -0.4 is 5.73 Å². The van der Waals surface area contributed by atoms with Crippen molar-refractivity contribution in [3.8, 4) is 0 Å². The van der Waals surface area contributed by atoms with Gasteiger partial charge in [-0.2, -0.15) is 8.42 Å². The third kappa shape index (κ3) is 4.53. The van der Waals surface area contributed by atoms with Gasteiger partial charge in [0.05, 0.1) is 11.3 Å². The second kappa shape index (κ2) is 6.98. The van der Waals surface area contributed by atoms with E-state index in [2.05, 4.69) is 0 Å². The predicted octanol–water partition coefficient (Wildman–Crippen LogP) is 2.16. The third-order valence-corrected chi connectivity index (χ3v) is 5.83. The summed E-state index contributed by atoms with van der Waals surface area (Å²) in [5, 5.41) is 8.81. The van der Waals surface area contributed by atoms with Gasteiger partial charge in [-0.05, 0) is 61.6 Å². The molecule has 128 valence electrons. The number of fused-ring (bicyclic) bond motifs is 1. The van der Waals surface area contributed by atoms with Crippen LogP contribution in [0.5, 0.6) is 0 Å². The molecule has 1 aromatic rings. The maximum atomic E-state index is 10.7. The van der Waals surface area contributed by atoms with Gasteiger partial charge in [-0.25, -0.2) is 0 Å². The van der Waals surface area contributed by atoms with E-state index in [-0.39, 0.29) is 16.7 Å². The van der Waals surface area contributed by atoms with Crippen LogP contribution in [-0.2, 0) is 14.9 Å². The van der Waals surface area contributed by atoms with Crippen LogP contribution in [0.4, 0.5) is 0 Å². The predicted molar refractivity (Wildman–Crippen MR) is 85.4 cm³/mol. The van der Waals surface area contributed by atoms with Crippen LogP contribution in [0.1, 0.15) is 32.1 Å². The topological polar surface area (TPSA) is 118 Å². The van der Waals surface area contributed by atoms with Gasteiger partial charge >= 0.3 is 5.97 Å². The first-order chi connectivity index (χ1) is 10.8. The highest BCUT2D eigenvalue weighted by atomic mass is 32.2. The van der Waals surface area contributed by atoms with Crippen molar-refractivity contribution in [3.63, 3.8) is 0 Å². The normalized spacial score (nSPS) is 29.0. The van der Waals surface area contributed by atoms with Crippen LogP contribution in [0.3, 0.4) is 0 Å². The zero-order valence-corrected chi connectivity index (χ0v) is 13.7. The lowest BCUT2D eigenvalue weighted by Gasteiger charge is -2.29. The van der Waals surface area contributed by atoms with Crippen molar-refractivity contribution in [1.29, 1.82) is 0 Å². The summed E-state index contributed by atoms with van der Waals surface area (Å²) in [5.41, 5.74) is 5.65. The minimum Gasteiger partial charge on any atom is -0.481 e. The van der Waals surface area contributed by atoms with Crippen LogP contribution in [0, 0.1) is 17.3 Å². The van der Waals surface area contributed by atoms with Gasteiger partial charge in [0.1, 0.15) is 0 Å². The number of nitrogens with two attached hydrogens (primary N) is 1. The molecule has 0 radical (unpaired) electrons. The molecule has 0 amide bonds. The number of carboxylic acid groups (broad SMARTS) is 1. The summed E-state index contributed by atoms with van der Waals surface area (Å²) < 4.78 is 29.2. The molecular weight excluding hydrogens is 318 g/mol. The van der Waals surface area contributed by atoms with E-state index < -0.39 is 16.1 Å². The van der Waals surface area contributed by atoms with Gasteiger partial charge in [0.15, 0.2) is 0 Å². The minimum atomic E-state index is -4.00. The number of aliphatic carboxylic acids is 1. The molecule has 7 heteroatoms. The highest BCUT2D eigenvalue weighted by Crippen LogP contribution is 2.56. The summed E-state index contributed by atoms with van der Waals surface area (Å²) in [7, 11) is -4.00. The van der Waals surface area contributed by atoms with E-state index in [4.69, 9.17) is 15.4 Å². The SMILES string of the molecule is NCC1(CC(=O)O)CC2CCC2C1.O=S(=O)(O)c1ccccc1. The first-order valence-electron chi connectivity index (χ1n) is 7.70. The standard InChI is InChI=1S/C10H17NO2.C6H6O3S/c11-6-10(5-9(12)13)3-7-1-2-8(7)4-10;7-10(8,9)6-4-2-1-3-5-6/h7-8H,1-6,11H2,(H,12,13);1-5H,(H,7,8,9). The molecule has 2 fully saturated rings. The number of carbonyl (C=O) groups is 1. The lowest BCUT2D eigenvalue weighted by molar-refractivity contribution is -0.139. The fourth-order valence-corrected chi connectivity index (χ4v) is 4.17. The molecule has 0 aliphatic heterocycles. The number of rotatable bonds is 4. The Labute approximate surface area is 136 Å². The first kappa shape index (κ1) is 17.9. The lowest BCUT2D eigenvalue weighted by atomic mass is 9.77. The van der Waals surface area contributed by atoms with Crippen LogP contribution in [0.2, 0.25) is 0 Å². The highest BCUT2D eigenvalue weighted by Gasteiger charge is 2.49. The van der Waals surface area contributed by atoms with Crippen LogP contribution in [-0.4, -0.2) is 30.6 Å². The van der Waals surface area contributed by atoms with Crippen LogP contribution in [0.25, 0.3) is 0 Å². The van der Waals surface area contributed by atoms with Gasteiger partial charge in [0, 0.05) is 0 Å². The second-order valence-corrected chi connectivity index (χ2v) is 7.99. The molecule has 0 bridgehead atoms. The first-order valence-corrected chi connectivity index (χ1v) is 9.14. The van der Waals surface area contributed by atoms with E-state index >= 15 is 0 Å². The molecule has 2 saturated carbocycles. The van der Waals surface area contributed by atoms with E-state index in [1.54, 1.807) is 18.2 Å². The largest absolute Gasteiger partial charge is 0.481 e. The zero-order valence-electron chi connectivity index (χ0n) is 12.9. The average Bonchev–Trinajstić information content (AvgIpc) is 2.72. The van der Waals surface area contributed by atoms with Crippen molar-refractivity contribution in [1.82, 2.24) is 0 Å². The van der Waals surface area contributed by atoms with Gasteiger partial charge in [-0.15, -0.1) is 0 Å². The molecule has 2 unspecified atom stereocenters. The Morgan fingerprint density at radius 2 is 1.70 bits per heavy atom. The van der Waals surface area contributed by atoms with Crippen molar-refractivity contribution in [3.05, 3.63) is 30.3 Å². The van der Waals surface area contributed by atoms with Gasteiger partial charge in [0.2, 0.25) is 0 Å². The van der Waals surface area contributed by atoms with Crippen LogP contribution >= 0.6 is 0 Å². The fourth-order valence-electron chi connectivity index (χ4n) is 3.67. The molecule has 2 atom stereocenters. The van der Waals surface area contributed by atoms with Crippen molar-refractivity contribution in [2.75, 3.05) is 6.54 Å². The number of carboxylic acids is 1. The number of hydrogen-bond donors (Lipinski definition) is 3. The molecule has 3 rings (SSSR count). The smallest absolute Gasteiger partial charge is 0.303 e. The van der Waals surface area contributed by atoms with E-state index in [1.165, 1.54) is 25.0 Å². The Morgan fingerprint density at radius 1 is 1.17 bits per heavy atom. The zero-order chi connectivity index (χ0) is 17.1. The Hall–Kier alpha value is -1.44. The molecule has 6 nitrogen and oxygen atoms in total. The van der Waals surface area contributed by atoms with Gasteiger partial charge < -0.3 is 10.8 Å². The van der Waals surface area contributed by atoms with Crippen molar-refractivity contribution >= 4 is 16.1 Å². The number of hydrogen-bond acceptors (Lipinski definition) is 4. The number of benzene rings is 1. The minimum absolute atomic E-state index is 0.0579.